The highest BCUT2D eigenvalue weighted by atomic mass is 16.5. The zero-order chi connectivity index (χ0) is 9.52. The quantitative estimate of drug-likeness (QED) is 0.664. The second kappa shape index (κ2) is 6.39. The standard InChI is InChI=1S/C11H23NO/c1-3-4-9-12-10-7-5-6-8-11(10)13-2/h10-12H,3-9H2,1-2H3. The molecule has 0 spiro atoms. The van der Waals surface area contributed by atoms with Crippen molar-refractivity contribution in [3.8, 4) is 0 Å². The van der Waals surface area contributed by atoms with E-state index in [2.05, 4.69) is 12.2 Å². The maximum atomic E-state index is 5.47. The molecule has 0 heterocycles. The first kappa shape index (κ1) is 11.0. The molecule has 0 bridgehead atoms. The van der Waals surface area contributed by atoms with Gasteiger partial charge < -0.3 is 10.1 Å². The molecule has 0 radical (unpaired) electrons. The Morgan fingerprint density at radius 3 is 2.77 bits per heavy atom. The molecule has 0 saturated heterocycles. The summed E-state index contributed by atoms with van der Waals surface area (Å²) in [4.78, 5) is 0. The van der Waals surface area contributed by atoms with Crippen molar-refractivity contribution in [3.05, 3.63) is 0 Å². The van der Waals surface area contributed by atoms with Gasteiger partial charge in [-0.2, -0.15) is 0 Å². The third kappa shape index (κ3) is 3.65. The van der Waals surface area contributed by atoms with Crippen molar-refractivity contribution < 1.29 is 4.74 Å². The van der Waals surface area contributed by atoms with Gasteiger partial charge in [-0.05, 0) is 25.8 Å². The van der Waals surface area contributed by atoms with Crippen molar-refractivity contribution in [3.63, 3.8) is 0 Å². The Morgan fingerprint density at radius 1 is 1.31 bits per heavy atom. The van der Waals surface area contributed by atoms with Crippen LogP contribution in [0.4, 0.5) is 0 Å². The average Bonchev–Trinajstić information content (AvgIpc) is 2.19. The van der Waals surface area contributed by atoms with Crippen LogP contribution in [0.2, 0.25) is 0 Å². The van der Waals surface area contributed by atoms with E-state index in [0.717, 1.165) is 6.54 Å². The molecule has 0 aromatic carbocycles. The first-order valence-electron chi connectivity index (χ1n) is 5.64. The van der Waals surface area contributed by atoms with E-state index in [1.165, 1.54) is 38.5 Å². The van der Waals surface area contributed by atoms with Gasteiger partial charge in [-0.1, -0.05) is 26.2 Å². The molecule has 0 amide bonds. The van der Waals surface area contributed by atoms with E-state index < -0.39 is 0 Å². The van der Waals surface area contributed by atoms with Gasteiger partial charge in [0.05, 0.1) is 6.10 Å². The van der Waals surface area contributed by atoms with Crippen molar-refractivity contribution >= 4 is 0 Å². The molecule has 0 aromatic heterocycles. The minimum absolute atomic E-state index is 0.464. The van der Waals surface area contributed by atoms with Gasteiger partial charge in [0.15, 0.2) is 0 Å². The van der Waals surface area contributed by atoms with Gasteiger partial charge in [-0.3, -0.25) is 0 Å². The monoisotopic (exact) mass is 185 g/mol. The highest BCUT2D eigenvalue weighted by Gasteiger charge is 2.23. The molecule has 0 aromatic rings. The Morgan fingerprint density at radius 2 is 2.08 bits per heavy atom. The van der Waals surface area contributed by atoms with Crippen LogP contribution in [0, 0.1) is 0 Å². The molecular weight excluding hydrogens is 162 g/mol. The molecule has 2 nitrogen and oxygen atoms in total. The smallest absolute Gasteiger partial charge is 0.0724 e. The first-order chi connectivity index (χ1) is 6.38. The van der Waals surface area contributed by atoms with Crippen LogP contribution in [0.5, 0.6) is 0 Å². The Balaban J connectivity index is 2.19. The molecule has 2 heteroatoms. The third-order valence-electron chi connectivity index (χ3n) is 2.94. The summed E-state index contributed by atoms with van der Waals surface area (Å²) in [6.45, 7) is 3.39. The van der Waals surface area contributed by atoms with Gasteiger partial charge in [0.1, 0.15) is 0 Å². The van der Waals surface area contributed by atoms with Gasteiger partial charge in [0, 0.05) is 13.2 Å². The van der Waals surface area contributed by atoms with Crippen LogP contribution in [-0.2, 0) is 4.74 Å². The molecule has 1 fully saturated rings. The number of nitrogens with one attached hydrogen (secondary N) is 1. The lowest BCUT2D eigenvalue weighted by Gasteiger charge is -2.31. The largest absolute Gasteiger partial charge is 0.380 e. The number of hydrogen-bond donors (Lipinski definition) is 1. The fourth-order valence-corrected chi connectivity index (χ4v) is 2.08. The maximum Gasteiger partial charge on any atom is 0.0724 e. The fourth-order valence-electron chi connectivity index (χ4n) is 2.08. The zero-order valence-electron chi connectivity index (χ0n) is 9.01. The van der Waals surface area contributed by atoms with Crippen molar-refractivity contribution in [2.45, 2.75) is 57.6 Å². The van der Waals surface area contributed by atoms with Crippen LogP contribution in [0.1, 0.15) is 45.4 Å². The summed E-state index contributed by atoms with van der Waals surface area (Å²) < 4.78 is 5.47. The fraction of sp³-hybridized carbons (Fsp3) is 1.00. The Hall–Kier alpha value is -0.0800. The van der Waals surface area contributed by atoms with Crippen LogP contribution < -0.4 is 5.32 Å². The predicted molar refractivity (Wildman–Crippen MR) is 56.0 cm³/mol. The summed E-state index contributed by atoms with van der Waals surface area (Å²) in [5.41, 5.74) is 0. The normalized spacial score (nSPS) is 29.1. The maximum absolute atomic E-state index is 5.47. The number of ether oxygens (including phenoxy) is 1. The minimum Gasteiger partial charge on any atom is -0.380 e. The Bertz CT molecular complexity index is 127. The van der Waals surface area contributed by atoms with Crippen LogP contribution in [0.3, 0.4) is 0 Å². The van der Waals surface area contributed by atoms with Gasteiger partial charge in [-0.25, -0.2) is 0 Å². The molecule has 1 saturated carbocycles. The molecule has 78 valence electrons. The number of unbranched alkanes of at least 4 members (excludes halogenated alkanes) is 1. The summed E-state index contributed by atoms with van der Waals surface area (Å²) in [6.07, 6.45) is 8.26. The van der Waals surface area contributed by atoms with Crippen LogP contribution in [0.15, 0.2) is 0 Å². The van der Waals surface area contributed by atoms with Crippen LogP contribution >= 0.6 is 0 Å². The molecule has 1 aliphatic carbocycles. The number of methoxy groups -OCH3 is 1. The van der Waals surface area contributed by atoms with E-state index in [-0.39, 0.29) is 0 Å². The summed E-state index contributed by atoms with van der Waals surface area (Å²) in [6, 6.07) is 0.616. The molecular formula is C11H23NO. The van der Waals surface area contributed by atoms with Crippen molar-refractivity contribution in [1.29, 1.82) is 0 Å². The van der Waals surface area contributed by atoms with E-state index in [4.69, 9.17) is 4.74 Å². The molecule has 0 aliphatic heterocycles. The number of hydrogen-bond acceptors (Lipinski definition) is 2. The van der Waals surface area contributed by atoms with E-state index in [0.29, 0.717) is 12.1 Å². The average molecular weight is 185 g/mol. The summed E-state index contributed by atoms with van der Waals surface area (Å²) in [5.74, 6) is 0. The highest BCUT2D eigenvalue weighted by Crippen LogP contribution is 2.20. The van der Waals surface area contributed by atoms with Gasteiger partial charge >= 0.3 is 0 Å². The molecule has 1 aliphatic rings. The summed E-state index contributed by atoms with van der Waals surface area (Å²) in [5, 5.41) is 3.60. The van der Waals surface area contributed by atoms with Gasteiger partial charge in [0.2, 0.25) is 0 Å². The summed E-state index contributed by atoms with van der Waals surface area (Å²) in [7, 11) is 1.84. The summed E-state index contributed by atoms with van der Waals surface area (Å²) >= 11 is 0. The highest BCUT2D eigenvalue weighted by molar-refractivity contribution is 4.81. The van der Waals surface area contributed by atoms with Crippen LogP contribution in [-0.4, -0.2) is 25.8 Å². The first-order valence-corrected chi connectivity index (χ1v) is 5.64. The lowest BCUT2D eigenvalue weighted by molar-refractivity contribution is 0.0419. The molecule has 2 atom stereocenters. The van der Waals surface area contributed by atoms with Crippen molar-refractivity contribution in [2.75, 3.05) is 13.7 Å². The van der Waals surface area contributed by atoms with Crippen LogP contribution in [0.25, 0.3) is 0 Å². The minimum atomic E-state index is 0.464. The van der Waals surface area contributed by atoms with E-state index in [9.17, 15) is 0 Å². The van der Waals surface area contributed by atoms with Crippen molar-refractivity contribution in [1.82, 2.24) is 5.32 Å². The van der Waals surface area contributed by atoms with Crippen molar-refractivity contribution in [2.24, 2.45) is 0 Å². The second-order valence-corrected chi connectivity index (χ2v) is 3.97. The zero-order valence-corrected chi connectivity index (χ0v) is 9.01. The molecule has 1 N–H and O–H groups in total. The number of rotatable bonds is 5. The second-order valence-electron chi connectivity index (χ2n) is 3.97. The Labute approximate surface area is 82.0 Å². The van der Waals surface area contributed by atoms with E-state index in [1.807, 2.05) is 7.11 Å². The lowest BCUT2D eigenvalue weighted by atomic mass is 9.92. The molecule has 1 rings (SSSR count). The third-order valence-corrected chi connectivity index (χ3v) is 2.94. The lowest BCUT2D eigenvalue weighted by Crippen LogP contribution is -2.43. The Kier molecular flexibility index (Phi) is 5.40. The predicted octanol–water partition coefficient (Wildman–Crippen LogP) is 2.33. The van der Waals surface area contributed by atoms with Gasteiger partial charge in [-0.15, -0.1) is 0 Å². The molecule has 2 unspecified atom stereocenters. The topological polar surface area (TPSA) is 21.3 Å². The molecule has 13 heavy (non-hydrogen) atoms. The SMILES string of the molecule is CCCCNC1CCCCC1OC. The van der Waals surface area contributed by atoms with E-state index >= 15 is 0 Å². The van der Waals surface area contributed by atoms with Gasteiger partial charge in [0.25, 0.3) is 0 Å². The van der Waals surface area contributed by atoms with E-state index in [1.54, 1.807) is 0 Å².